The molecule has 20 heavy (non-hydrogen) atoms. The molecule has 2 N–H and O–H groups in total. The Bertz CT molecular complexity index is 608. The van der Waals surface area contributed by atoms with Gasteiger partial charge in [-0.05, 0) is 43.7 Å². The molecule has 1 amide bonds. The zero-order valence-electron chi connectivity index (χ0n) is 11.5. The van der Waals surface area contributed by atoms with E-state index in [0.29, 0.717) is 17.2 Å². The van der Waals surface area contributed by atoms with E-state index in [2.05, 4.69) is 5.32 Å². The lowest BCUT2D eigenvalue weighted by atomic mass is 10.2. The molecule has 0 aliphatic heterocycles. The Balaban J connectivity index is 2.22. The molecular formula is C16H17NO3. The summed E-state index contributed by atoms with van der Waals surface area (Å²) in [4.78, 5) is 11.6. The molecule has 0 saturated carbocycles. The maximum absolute atomic E-state index is 11.6. The van der Waals surface area contributed by atoms with Crippen LogP contribution in [0, 0.1) is 6.92 Å². The second-order valence-corrected chi connectivity index (χ2v) is 4.58. The first-order chi connectivity index (χ1) is 9.56. The van der Waals surface area contributed by atoms with Crippen molar-refractivity contribution in [1.29, 1.82) is 0 Å². The fourth-order valence-electron chi connectivity index (χ4n) is 1.70. The molecule has 2 rings (SSSR count). The normalized spacial score (nSPS) is 11.8. The van der Waals surface area contributed by atoms with E-state index in [1.165, 1.54) is 6.92 Å². The number of ether oxygens (including phenoxy) is 1. The van der Waals surface area contributed by atoms with E-state index < -0.39 is 12.0 Å². The van der Waals surface area contributed by atoms with Crippen LogP contribution < -0.4 is 10.1 Å². The summed E-state index contributed by atoms with van der Waals surface area (Å²) in [7, 11) is 0. The largest absolute Gasteiger partial charge is 0.455 e. The molecule has 0 heterocycles. The molecule has 0 spiro atoms. The summed E-state index contributed by atoms with van der Waals surface area (Å²) in [6, 6.07) is 14.7. The van der Waals surface area contributed by atoms with Crippen molar-refractivity contribution in [2.75, 3.05) is 5.32 Å². The molecule has 0 aromatic heterocycles. The number of aliphatic hydroxyl groups is 1. The SMILES string of the molecule is Cc1cccc(Oc2ccccc2NC(=O)C(C)O)c1. The van der Waals surface area contributed by atoms with Gasteiger partial charge in [-0.15, -0.1) is 0 Å². The number of hydrogen-bond donors (Lipinski definition) is 2. The third kappa shape index (κ3) is 3.59. The molecular weight excluding hydrogens is 254 g/mol. The van der Waals surface area contributed by atoms with Crippen LogP contribution in [0.5, 0.6) is 11.5 Å². The van der Waals surface area contributed by atoms with Crippen LogP contribution in [0.1, 0.15) is 12.5 Å². The minimum atomic E-state index is -1.07. The van der Waals surface area contributed by atoms with Gasteiger partial charge in [0.05, 0.1) is 5.69 Å². The minimum absolute atomic E-state index is 0.467. The molecule has 4 heteroatoms. The van der Waals surface area contributed by atoms with Crippen LogP contribution >= 0.6 is 0 Å². The van der Waals surface area contributed by atoms with Crippen LogP contribution in [-0.2, 0) is 4.79 Å². The van der Waals surface area contributed by atoms with Crippen LogP contribution in [0.4, 0.5) is 5.69 Å². The number of para-hydroxylation sites is 2. The quantitative estimate of drug-likeness (QED) is 0.898. The number of hydrogen-bond acceptors (Lipinski definition) is 3. The Morgan fingerprint density at radius 3 is 2.65 bits per heavy atom. The summed E-state index contributed by atoms with van der Waals surface area (Å²) in [5.74, 6) is 0.765. The van der Waals surface area contributed by atoms with Crippen molar-refractivity contribution in [3.63, 3.8) is 0 Å². The average Bonchev–Trinajstić information content (AvgIpc) is 2.41. The highest BCUT2D eigenvalue weighted by Crippen LogP contribution is 2.29. The molecule has 0 saturated heterocycles. The molecule has 0 radical (unpaired) electrons. The highest BCUT2D eigenvalue weighted by atomic mass is 16.5. The molecule has 4 nitrogen and oxygen atoms in total. The monoisotopic (exact) mass is 271 g/mol. The van der Waals surface area contributed by atoms with E-state index in [1.54, 1.807) is 18.2 Å². The predicted molar refractivity (Wildman–Crippen MR) is 78.0 cm³/mol. The lowest BCUT2D eigenvalue weighted by Crippen LogP contribution is -2.24. The van der Waals surface area contributed by atoms with Gasteiger partial charge in [-0.2, -0.15) is 0 Å². The summed E-state index contributed by atoms with van der Waals surface area (Å²) in [5.41, 5.74) is 1.62. The summed E-state index contributed by atoms with van der Waals surface area (Å²) in [6.45, 7) is 3.40. The van der Waals surface area contributed by atoms with Gasteiger partial charge in [0.1, 0.15) is 11.9 Å². The molecule has 104 valence electrons. The van der Waals surface area contributed by atoms with Gasteiger partial charge >= 0.3 is 0 Å². The van der Waals surface area contributed by atoms with Crippen molar-refractivity contribution in [1.82, 2.24) is 0 Å². The standard InChI is InChI=1S/C16H17NO3/c1-11-6-5-7-13(10-11)20-15-9-4-3-8-14(15)17-16(19)12(2)18/h3-10,12,18H,1-2H3,(H,17,19). The van der Waals surface area contributed by atoms with Crippen LogP contribution in [0.3, 0.4) is 0 Å². The van der Waals surface area contributed by atoms with Gasteiger partial charge in [0, 0.05) is 0 Å². The average molecular weight is 271 g/mol. The Hall–Kier alpha value is -2.33. The Kier molecular flexibility index (Phi) is 4.38. The predicted octanol–water partition coefficient (Wildman–Crippen LogP) is 3.11. The lowest BCUT2D eigenvalue weighted by molar-refractivity contribution is -0.123. The number of aryl methyl sites for hydroxylation is 1. The second kappa shape index (κ2) is 6.21. The third-order valence-corrected chi connectivity index (χ3v) is 2.74. The van der Waals surface area contributed by atoms with Crippen molar-refractivity contribution in [2.45, 2.75) is 20.0 Å². The van der Waals surface area contributed by atoms with Crippen LogP contribution in [0.2, 0.25) is 0 Å². The number of aliphatic hydroxyl groups excluding tert-OH is 1. The smallest absolute Gasteiger partial charge is 0.253 e. The highest BCUT2D eigenvalue weighted by Gasteiger charge is 2.12. The first kappa shape index (κ1) is 14.1. The van der Waals surface area contributed by atoms with Gasteiger partial charge < -0.3 is 15.2 Å². The van der Waals surface area contributed by atoms with E-state index in [0.717, 1.165) is 5.56 Å². The maximum atomic E-state index is 11.6. The number of nitrogens with one attached hydrogen (secondary N) is 1. The Morgan fingerprint density at radius 2 is 1.95 bits per heavy atom. The van der Waals surface area contributed by atoms with Gasteiger partial charge in [-0.3, -0.25) is 4.79 Å². The van der Waals surface area contributed by atoms with Gasteiger partial charge in [0.25, 0.3) is 5.91 Å². The topological polar surface area (TPSA) is 58.6 Å². The first-order valence-corrected chi connectivity index (χ1v) is 6.39. The van der Waals surface area contributed by atoms with Gasteiger partial charge in [0.15, 0.2) is 5.75 Å². The molecule has 1 atom stereocenters. The summed E-state index contributed by atoms with van der Waals surface area (Å²) < 4.78 is 5.77. The third-order valence-electron chi connectivity index (χ3n) is 2.74. The summed E-state index contributed by atoms with van der Waals surface area (Å²) in [5, 5.41) is 11.9. The highest BCUT2D eigenvalue weighted by molar-refractivity contribution is 5.95. The van der Waals surface area contributed by atoms with Crippen LogP contribution in [0.25, 0.3) is 0 Å². The molecule has 2 aromatic rings. The van der Waals surface area contributed by atoms with E-state index >= 15 is 0 Å². The second-order valence-electron chi connectivity index (χ2n) is 4.58. The fourth-order valence-corrected chi connectivity index (χ4v) is 1.70. The summed E-state index contributed by atoms with van der Waals surface area (Å²) in [6.07, 6.45) is -1.07. The number of rotatable bonds is 4. The van der Waals surface area contributed by atoms with Crippen molar-refractivity contribution in [2.24, 2.45) is 0 Å². The number of carbonyl (C=O) groups excluding carboxylic acids is 1. The van der Waals surface area contributed by atoms with Crippen molar-refractivity contribution < 1.29 is 14.6 Å². The first-order valence-electron chi connectivity index (χ1n) is 6.39. The molecule has 1 unspecified atom stereocenters. The molecule has 2 aromatic carbocycles. The van der Waals surface area contributed by atoms with Crippen molar-refractivity contribution in [3.05, 3.63) is 54.1 Å². The van der Waals surface area contributed by atoms with E-state index in [9.17, 15) is 9.90 Å². The molecule has 0 fully saturated rings. The van der Waals surface area contributed by atoms with Gasteiger partial charge in [0.2, 0.25) is 0 Å². The molecule has 0 aliphatic carbocycles. The Morgan fingerprint density at radius 1 is 1.20 bits per heavy atom. The molecule has 0 bridgehead atoms. The number of benzene rings is 2. The van der Waals surface area contributed by atoms with E-state index in [-0.39, 0.29) is 0 Å². The van der Waals surface area contributed by atoms with Gasteiger partial charge in [-0.25, -0.2) is 0 Å². The van der Waals surface area contributed by atoms with Crippen molar-refractivity contribution >= 4 is 11.6 Å². The fraction of sp³-hybridized carbons (Fsp3) is 0.188. The van der Waals surface area contributed by atoms with Crippen molar-refractivity contribution in [3.8, 4) is 11.5 Å². The number of anilines is 1. The maximum Gasteiger partial charge on any atom is 0.253 e. The Labute approximate surface area is 118 Å². The zero-order chi connectivity index (χ0) is 14.5. The minimum Gasteiger partial charge on any atom is -0.455 e. The van der Waals surface area contributed by atoms with Crippen LogP contribution in [0.15, 0.2) is 48.5 Å². The zero-order valence-corrected chi connectivity index (χ0v) is 11.5. The molecule has 0 aliphatic rings. The number of carbonyl (C=O) groups is 1. The summed E-state index contributed by atoms with van der Waals surface area (Å²) >= 11 is 0. The van der Waals surface area contributed by atoms with Gasteiger partial charge in [-0.1, -0.05) is 24.3 Å². The van der Waals surface area contributed by atoms with Crippen LogP contribution in [-0.4, -0.2) is 17.1 Å². The lowest BCUT2D eigenvalue weighted by Gasteiger charge is -2.13. The van der Waals surface area contributed by atoms with E-state index in [4.69, 9.17) is 4.74 Å². The van der Waals surface area contributed by atoms with E-state index in [1.807, 2.05) is 37.3 Å². The number of amides is 1.